The van der Waals surface area contributed by atoms with Gasteiger partial charge in [-0.25, -0.2) is 4.79 Å². The van der Waals surface area contributed by atoms with E-state index < -0.39 is 17.7 Å². The molecule has 3 nitrogen and oxygen atoms in total. The van der Waals surface area contributed by atoms with Crippen LogP contribution in [0.3, 0.4) is 0 Å². The zero-order valence-electron chi connectivity index (χ0n) is 10.7. The molecule has 1 N–H and O–H groups in total. The minimum Gasteiger partial charge on any atom is -0.489 e. The van der Waals surface area contributed by atoms with E-state index in [4.69, 9.17) is 9.84 Å². The van der Waals surface area contributed by atoms with Crippen molar-refractivity contribution >= 4 is 5.97 Å². The molecule has 0 heterocycles. The topological polar surface area (TPSA) is 46.5 Å². The molecule has 0 radical (unpaired) electrons. The van der Waals surface area contributed by atoms with Crippen LogP contribution in [0.25, 0.3) is 0 Å². The number of carboxylic acids is 1. The summed E-state index contributed by atoms with van der Waals surface area (Å²) >= 11 is 0. The van der Waals surface area contributed by atoms with Gasteiger partial charge in [0.15, 0.2) is 0 Å². The third-order valence-electron chi connectivity index (χ3n) is 2.80. The second-order valence-corrected chi connectivity index (χ2v) is 4.28. The third kappa shape index (κ3) is 3.75. The van der Waals surface area contributed by atoms with E-state index in [0.717, 1.165) is 12.1 Å². The van der Waals surface area contributed by atoms with Gasteiger partial charge in [0, 0.05) is 5.56 Å². The van der Waals surface area contributed by atoms with Crippen molar-refractivity contribution in [3.05, 3.63) is 65.2 Å². The molecule has 2 aromatic rings. The highest BCUT2D eigenvalue weighted by Gasteiger charge is 2.30. The molecule has 110 valence electrons. The van der Waals surface area contributed by atoms with Crippen molar-refractivity contribution in [2.45, 2.75) is 12.8 Å². The van der Waals surface area contributed by atoms with Crippen molar-refractivity contribution in [1.82, 2.24) is 0 Å². The first kappa shape index (κ1) is 14.9. The van der Waals surface area contributed by atoms with Crippen LogP contribution < -0.4 is 4.74 Å². The largest absolute Gasteiger partial charge is 0.489 e. The lowest BCUT2D eigenvalue weighted by molar-refractivity contribution is -0.137. The number of carboxylic acid groups (broad SMARTS) is 1. The van der Waals surface area contributed by atoms with E-state index >= 15 is 0 Å². The molecule has 0 saturated carbocycles. The second kappa shape index (κ2) is 5.87. The Bertz CT molecular complexity index is 651. The number of benzene rings is 2. The van der Waals surface area contributed by atoms with Gasteiger partial charge in [0.25, 0.3) is 0 Å². The molecule has 6 heteroatoms. The molecule has 0 aliphatic rings. The van der Waals surface area contributed by atoms with Gasteiger partial charge >= 0.3 is 12.1 Å². The van der Waals surface area contributed by atoms with Crippen molar-refractivity contribution in [1.29, 1.82) is 0 Å². The normalized spacial score (nSPS) is 11.2. The Labute approximate surface area is 118 Å². The summed E-state index contributed by atoms with van der Waals surface area (Å²) in [4.78, 5) is 11.0. The van der Waals surface area contributed by atoms with Crippen molar-refractivity contribution in [2.24, 2.45) is 0 Å². The number of rotatable bonds is 4. The van der Waals surface area contributed by atoms with Crippen LogP contribution in [0.2, 0.25) is 0 Å². The fraction of sp³-hybridized carbons (Fsp3) is 0.133. The highest BCUT2D eigenvalue weighted by Crippen LogP contribution is 2.31. The maximum Gasteiger partial charge on any atom is 0.416 e. The van der Waals surface area contributed by atoms with Crippen molar-refractivity contribution in [3.8, 4) is 5.75 Å². The monoisotopic (exact) mass is 296 g/mol. The molecule has 21 heavy (non-hydrogen) atoms. The van der Waals surface area contributed by atoms with Crippen molar-refractivity contribution in [3.63, 3.8) is 0 Å². The maximum atomic E-state index is 12.6. The van der Waals surface area contributed by atoms with E-state index in [0.29, 0.717) is 5.56 Å². The Balaban J connectivity index is 2.16. The van der Waals surface area contributed by atoms with Gasteiger partial charge in [-0.15, -0.1) is 0 Å². The summed E-state index contributed by atoms with van der Waals surface area (Å²) in [6.45, 7) is -0.121. The highest BCUT2D eigenvalue weighted by atomic mass is 19.4. The van der Waals surface area contributed by atoms with Crippen molar-refractivity contribution < 1.29 is 27.8 Å². The van der Waals surface area contributed by atoms with Crippen LogP contribution in [0, 0.1) is 0 Å². The maximum absolute atomic E-state index is 12.6. The summed E-state index contributed by atoms with van der Waals surface area (Å²) in [7, 11) is 0. The molecule has 0 fully saturated rings. The Kier molecular flexibility index (Phi) is 4.16. The molecule has 0 unspecified atom stereocenters. The summed E-state index contributed by atoms with van der Waals surface area (Å²) in [6, 6.07) is 10.6. The summed E-state index contributed by atoms with van der Waals surface area (Å²) in [5, 5.41) is 9.01. The predicted octanol–water partition coefficient (Wildman–Crippen LogP) is 3.98. The van der Waals surface area contributed by atoms with Crippen LogP contribution in [-0.4, -0.2) is 11.1 Å². The first-order valence-electron chi connectivity index (χ1n) is 5.99. The van der Waals surface area contributed by atoms with Gasteiger partial charge in [-0.3, -0.25) is 0 Å². The van der Waals surface area contributed by atoms with Crippen LogP contribution in [0.5, 0.6) is 5.75 Å². The fourth-order valence-electron chi connectivity index (χ4n) is 1.78. The molecule has 0 spiro atoms. The molecule has 0 aromatic heterocycles. The van der Waals surface area contributed by atoms with Crippen LogP contribution >= 0.6 is 0 Å². The summed E-state index contributed by atoms with van der Waals surface area (Å²) < 4.78 is 43.0. The Morgan fingerprint density at radius 3 is 2.48 bits per heavy atom. The SMILES string of the molecule is O=C(O)c1ccccc1COc1cccc(C(F)(F)F)c1. The van der Waals surface area contributed by atoms with Crippen LogP contribution in [-0.2, 0) is 12.8 Å². The molecular formula is C15H11F3O3. The molecule has 0 saturated heterocycles. The third-order valence-corrected chi connectivity index (χ3v) is 2.80. The van der Waals surface area contributed by atoms with Crippen LogP contribution in [0.4, 0.5) is 13.2 Å². The average Bonchev–Trinajstić information content (AvgIpc) is 2.45. The number of hydrogen-bond acceptors (Lipinski definition) is 2. The van der Waals surface area contributed by atoms with E-state index in [9.17, 15) is 18.0 Å². The molecule has 2 rings (SSSR count). The summed E-state index contributed by atoms with van der Waals surface area (Å²) in [6.07, 6.45) is -4.45. The predicted molar refractivity (Wildman–Crippen MR) is 69.2 cm³/mol. The molecule has 0 aliphatic carbocycles. The lowest BCUT2D eigenvalue weighted by Crippen LogP contribution is -2.07. The molecule has 2 aromatic carbocycles. The van der Waals surface area contributed by atoms with Gasteiger partial charge in [0.1, 0.15) is 12.4 Å². The van der Waals surface area contributed by atoms with Gasteiger partial charge in [-0.2, -0.15) is 13.2 Å². The summed E-state index contributed by atoms with van der Waals surface area (Å²) in [5.41, 5.74) is -0.363. The number of hydrogen-bond donors (Lipinski definition) is 1. The minimum atomic E-state index is -4.45. The number of aromatic carboxylic acids is 1. The molecule has 0 amide bonds. The highest BCUT2D eigenvalue weighted by molar-refractivity contribution is 5.89. The van der Waals surface area contributed by atoms with Gasteiger partial charge in [-0.1, -0.05) is 24.3 Å². The van der Waals surface area contributed by atoms with E-state index in [-0.39, 0.29) is 17.9 Å². The lowest BCUT2D eigenvalue weighted by Gasteiger charge is -2.11. The Hall–Kier alpha value is -2.50. The smallest absolute Gasteiger partial charge is 0.416 e. The average molecular weight is 296 g/mol. The zero-order chi connectivity index (χ0) is 15.5. The molecule has 0 aliphatic heterocycles. The Morgan fingerprint density at radius 2 is 1.81 bits per heavy atom. The Morgan fingerprint density at radius 1 is 1.10 bits per heavy atom. The van der Waals surface area contributed by atoms with E-state index in [1.165, 1.54) is 18.2 Å². The number of carbonyl (C=O) groups is 1. The number of halogens is 3. The molecule has 0 atom stereocenters. The van der Waals surface area contributed by atoms with Crippen LogP contribution in [0.15, 0.2) is 48.5 Å². The lowest BCUT2D eigenvalue weighted by atomic mass is 10.1. The first-order chi connectivity index (χ1) is 9.88. The van der Waals surface area contributed by atoms with Gasteiger partial charge in [0.2, 0.25) is 0 Å². The van der Waals surface area contributed by atoms with Crippen molar-refractivity contribution in [2.75, 3.05) is 0 Å². The van der Waals surface area contributed by atoms with Gasteiger partial charge in [-0.05, 0) is 24.3 Å². The zero-order valence-corrected chi connectivity index (χ0v) is 10.7. The van der Waals surface area contributed by atoms with Gasteiger partial charge in [0.05, 0.1) is 11.1 Å². The van der Waals surface area contributed by atoms with E-state index in [1.54, 1.807) is 18.2 Å². The van der Waals surface area contributed by atoms with Gasteiger partial charge < -0.3 is 9.84 Å². The van der Waals surface area contributed by atoms with E-state index in [1.807, 2.05) is 0 Å². The van der Waals surface area contributed by atoms with Crippen LogP contribution in [0.1, 0.15) is 21.5 Å². The minimum absolute atomic E-state index is 0.0324. The second-order valence-electron chi connectivity index (χ2n) is 4.28. The number of alkyl halides is 3. The fourth-order valence-corrected chi connectivity index (χ4v) is 1.78. The van der Waals surface area contributed by atoms with E-state index in [2.05, 4.69) is 0 Å². The quantitative estimate of drug-likeness (QED) is 0.928. The number of ether oxygens (including phenoxy) is 1. The summed E-state index contributed by atoms with van der Waals surface area (Å²) in [5.74, 6) is -1.08. The molecular weight excluding hydrogens is 285 g/mol. The standard InChI is InChI=1S/C15H11F3O3/c16-15(17,18)11-5-3-6-12(8-11)21-9-10-4-1-2-7-13(10)14(19)20/h1-8H,9H2,(H,19,20). The molecule has 0 bridgehead atoms. The first-order valence-corrected chi connectivity index (χ1v) is 5.99.